The van der Waals surface area contributed by atoms with Crippen LogP contribution in [0.5, 0.6) is 5.75 Å². The molecule has 2 aromatic carbocycles. The summed E-state index contributed by atoms with van der Waals surface area (Å²) in [6.07, 6.45) is 1.63. The van der Waals surface area contributed by atoms with Gasteiger partial charge >= 0.3 is 0 Å². The molecule has 0 atom stereocenters. The first kappa shape index (κ1) is 22.9. The zero-order valence-electron chi connectivity index (χ0n) is 20.1. The van der Waals surface area contributed by atoms with Crippen molar-refractivity contribution < 1.29 is 18.7 Å². The van der Waals surface area contributed by atoms with E-state index in [-0.39, 0.29) is 5.91 Å². The van der Waals surface area contributed by atoms with Gasteiger partial charge in [0.2, 0.25) is 5.91 Å². The number of hydrogen-bond donors (Lipinski definition) is 1. The standard InChI is InChI=1S/C27H32N2O4/c1-6-32-26-19(4)27-24(18(3)20(5)33-27)16-23(26)17(2)15-25(30)28-21-7-9-22(10-8-21)29-11-13-31-14-12-29/h7-10,15-16H,6,11-14H2,1-5H3,(H,28,30)/b17-15+. The van der Waals surface area contributed by atoms with Crippen molar-refractivity contribution in [2.45, 2.75) is 34.6 Å². The van der Waals surface area contributed by atoms with Gasteiger partial charge in [-0.05, 0) is 76.1 Å². The molecule has 33 heavy (non-hydrogen) atoms. The smallest absolute Gasteiger partial charge is 0.248 e. The first-order chi connectivity index (χ1) is 15.9. The Morgan fingerprint density at radius 2 is 1.82 bits per heavy atom. The van der Waals surface area contributed by atoms with Crippen LogP contribution in [0.4, 0.5) is 11.4 Å². The molecule has 2 heterocycles. The number of amides is 1. The van der Waals surface area contributed by atoms with Crippen molar-refractivity contribution in [3.8, 4) is 5.75 Å². The van der Waals surface area contributed by atoms with E-state index >= 15 is 0 Å². The van der Waals surface area contributed by atoms with Gasteiger partial charge in [0.25, 0.3) is 0 Å². The zero-order valence-corrected chi connectivity index (χ0v) is 20.1. The minimum atomic E-state index is -0.174. The van der Waals surface area contributed by atoms with Gasteiger partial charge in [-0.3, -0.25) is 4.79 Å². The van der Waals surface area contributed by atoms with Crippen LogP contribution in [0.2, 0.25) is 0 Å². The van der Waals surface area contributed by atoms with Gasteiger partial charge < -0.3 is 24.1 Å². The van der Waals surface area contributed by atoms with Gasteiger partial charge in [0.1, 0.15) is 17.1 Å². The Morgan fingerprint density at radius 3 is 2.48 bits per heavy atom. The Labute approximate surface area is 195 Å². The highest BCUT2D eigenvalue weighted by Crippen LogP contribution is 2.39. The number of fused-ring (bicyclic) bond motifs is 1. The predicted octanol–water partition coefficient (Wildman–Crippen LogP) is 5.64. The molecule has 0 spiro atoms. The first-order valence-electron chi connectivity index (χ1n) is 11.5. The van der Waals surface area contributed by atoms with E-state index in [4.69, 9.17) is 13.9 Å². The van der Waals surface area contributed by atoms with E-state index in [2.05, 4.69) is 23.2 Å². The maximum atomic E-state index is 12.8. The third kappa shape index (κ3) is 4.76. The number of rotatable bonds is 6. The number of benzene rings is 2. The zero-order chi connectivity index (χ0) is 23.5. The molecular weight excluding hydrogens is 416 g/mol. The molecule has 174 valence electrons. The van der Waals surface area contributed by atoms with E-state index in [9.17, 15) is 4.79 Å². The van der Waals surface area contributed by atoms with Crippen molar-refractivity contribution in [2.24, 2.45) is 0 Å². The first-order valence-corrected chi connectivity index (χ1v) is 11.5. The van der Waals surface area contributed by atoms with Crippen LogP contribution in [0, 0.1) is 20.8 Å². The predicted molar refractivity (Wildman–Crippen MR) is 133 cm³/mol. The molecule has 1 saturated heterocycles. The molecule has 0 bridgehead atoms. The summed E-state index contributed by atoms with van der Waals surface area (Å²) in [5, 5.41) is 4.02. The lowest BCUT2D eigenvalue weighted by molar-refractivity contribution is -0.111. The van der Waals surface area contributed by atoms with E-state index in [0.29, 0.717) is 6.61 Å². The maximum absolute atomic E-state index is 12.8. The molecular formula is C27H32N2O4. The molecule has 0 radical (unpaired) electrons. The van der Waals surface area contributed by atoms with Crippen molar-refractivity contribution >= 4 is 33.8 Å². The van der Waals surface area contributed by atoms with Crippen LogP contribution in [-0.4, -0.2) is 38.8 Å². The summed E-state index contributed by atoms with van der Waals surface area (Å²) in [5.74, 6) is 1.48. The summed E-state index contributed by atoms with van der Waals surface area (Å²) in [6, 6.07) is 10.0. The molecule has 0 aliphatic carbocycles. The molecule has 0 unspecified atom stereocenters. The molecule has 1 aliphatic heterocycles. The van der Waals surface area contributed by atoms with Crippen molar-refractivity contribution in [3.63, 3.8) is 0 Å². The van der Waals surface area contributed by atoms with Gasteiger partial charge in [-0.15, -0.1) is 0 Å². The lowest BCUT2D eigenvalue weighted by atomic mass is 9.98. The Bertz CT molecular complexity index is 1190. The Kier molecular flexibility index (Phi) is 6.75. The molecule has 1 aromatic heterocycles. The number of anilines is 2. The molecule has 1 aliphatic rings. The van der Waals surface area contributed by atoms with Gasteiger partial charge in [-0.25, -0.2) is 0 Å². The summed E-state index contributed by atoms with van der Waals surface area (Å²) >= 11 is 0. The Balaban J connectivity index is 1.57. The minimum absolute atomic E-state index is 0.174. The van der Waals surface area contributed by atoms with Crippen LogP contribution in [0.1, 0.15) is 36.3 Å². The number of allylic oxidation sites excluding steroid dienone is 1. The molecule has 0 saturated carbocycles. The lowest BCUT2D eigenvalue weighted by Crippen LogP contribution is -2.36. The number of hydrogen-bond acceptors (Lipinski definition) is 5. The Morgan fingerprint density at radius 1 is 1.12 bits per heavy atom. The van der Waals surface area contributed by atoms with Crippen molar-refractivity contribution in [1.82, 2.24) is 0 Å². The number of nitrogens with one attached hydrogen (secondary N) is 1. The van der Waals surface area contributed by atoms with Crippen molar-refractivity contribution in [2.75, 3.05) is 43.1 Å². The molecule has 6 nitrogen and oxygen atoms in total. The van der Waals surface area contributed by atoms with Crippen molar-refractivity contribution in [1.29, 1.82) is 0 Å². The highest BCUT2D eigenvalue weighted by Gasteiger charge is 2.19. The average molecular weight is 449 g/mol. The Hall–Kier alpha value is -3.25. The van der Waals surface area contributed by atoms with E-state index in [0.717, 1.165) is 82.4 Å². The van der Waals surface area contributed by atoms with E-state index in [1.807, 2.05) is 52.0 Å². The monoisotopic (exact) mass is 448 g/mol. The van der Waals surface area contributed by atoms with Crippen molar-refractivity contribution in [3.05, 3.63) is 58.9 Å². The summed E-state index contributed by atoms with van der Waals surface area (Å²) in [5.41, 5.74) is 6.54. The fraction of sp³-hybridized carbons (Fsp3) is 0.370. The molecule has 3 aromatic rings. The second-order valence-electron chi connectivity index (χ2n) is 8.43. The van der Waals surface area contributed by atoms with Gasteiger partial charge in [-0.2, -0.15) is 0 Å². The lowest BCUT2D eigenvalue weighted by Gasteiger charge is -2.28. The average Bonchev–Trinajstić information content (AvgIpc) is 3.10. The molecule has 6 heteroatoms. The molecule has 4 rings (SSSR count). The third-order valence-electron chi connectivity index (χ3n) is 6.22. The topological polar surface area (TPSA) is 63.9 Å². The highest BCUT2D eigenvalue weighted by molar-refractivity contribution is 6.05. The summed E-state index contributed by atoms with van der Waals surface area (Å²) in [4.78, 5) is 15.1. The van der Waals surface area contributed by atoms with Gasteiger partial charge in [0.15, 0.2) is 0 Å². The van der Waals surface area contributed by atoms with Gasteiger partial charge in [-0.1, -0.05) is 0 Å². The van der Waals surface area contributed by atoms with Crippen LogP contribution < -0.4 is 15.0 Å². The van der Waals surface area contributed by atoms with Crippen LogP contribution in [0.15, 0.2) is 40.8 Å². The SMILES string of the molecule is CCOc1c(/C(C)=C/C(=O)Nc2ccc(N3CCOCC3)cc2)cc2c(C)c(C)oc2c1C. The summed E-state index contributed by atoms with van der Waals surface area (Å²) in [6.45, 7) is 13.7. The number of aryl methyl sites for hydroxylation is 3. The third-order valence-corrected chi connectivity index (χ3v) is 6.22. The molecule has 1 N–H and O–H groups in total. The number of morpholine rings is 1. The number of furan rings is 1. The van der Waals surface area contributed by atoms with E-state index in [1.165, 1.54) is 0 Å². The van der Waals surface area contributed by atoms with E-state index < -0.39 is 0 Å². The number of ether oxygens (including phenoxy) is 2. The van der Waals surface area contributed by atoms with Crippen LogP contribution in [-0.2, 0) is 9.53 Å². The largest absolute Gasteiger partial charge is 0.493 e. The van der Waals surface area contributed by atoms with Crippen LogP contribution in [0.25, 0.3) is 16.5 Å². The van der Waals surface area contributed by atoms with Crippen LogP contribution >= 0.6 is 0 Å². The summed E-state index contributed by atoms with van der Waals surface area (Å²) in [7, 11) is 0. The second kappa shape index (κ2) is 9.71. The fourth-order valence-electron chi connectivity index (χ4n) is 4.27. The quantitative estimate of drug-likeness (QED) is 0.495. The molecule has 1 fully saturated rings. The number of carbonyl (C=O) groups is 1. The minimum Gasteiger partial charge on any atom is -0.493 e. The fourth-order valence-corrected chi connectivity index (χ4v) is 4.27. The normalized spacial score (nSPS) is 14.6. The summed E-state index contributed by atoms with van der Waals surface area (Å²) < 4.78 is 17.4. The maximum Gasteiger partial charge on any atom is 0.248 e. The highest BCUT2D eigenvalue weighted by atomic mass is 16.5. The van der Waals surface area contributed by atoms with Gasteiger partial charge in [0.05, 0.1) is 19.8 Å². The van der Waals surface area contributed by atoms with E-state index in [1.54, 1.807) is 6.08 Å². The van der Waals surface area contributed by atoms with Gasteiger partial charge in [0, 0.05) is 47.1 Å². The number of nitrogens with zero attached hydrogens (tertiary/aromatic N) is 1. The number of carbonyl (C=O) groups excluding carboxylic acids is 1. The second-order valence-corrected chi connectivity index (χ2v) is 8.43. The van der Waals surface area contributed by atoms with Crippen LogP contribution in [0.3, 0.4) is 0 Å². The molecule has 1 amide bonds.